The van der Waals surface area contributed by atoms with Gasteiger partial charge in [-0.3, -0.25) is 0 Å². The fourth-order valence-corrected chi connectivity index (χ4v) is 2.62. The Morgan fingerprint density at radius 3 is 2.29 bits per heavy atom. The molecular weight excluding hydrogens is 261 g/mol. The summed E-state index contributed by atoms with van der Waals surface area (Å²) in [4.78, 5) is 0. The van der Waals surface area contributed by atoms with Crippen molar-refractivity contribution >= 4 is 0 Å². The van der Waals surface area contributed by atoms with E-state index in [2.05, 4.69) is 47.9 Å². The summed E-state index contributed by atoms with van der Waals surface area (Å²) in [6, 6.07) is 21.4. The molecule has 21 heavy (non-hydrogen) atoms. The Bertz CT molecular complexity index is 711. The largest absolute Gasteiger partial charge is 0.345 e. The van der Waals surface area contributed by atoms with Crippen molar-refractivity contribution in [3.63, 3.8) is 0 Å². The monoisotopic (exact) mass is 279 g/mol. The summed E-state index contributed by atoms with van der Waals surface area (Å²) >= 11 is 0. The number of halogens is 1. The van der Waals surface area contributed by atoms with E-state index in [0.717, 1.165) is 24.2 Å². The van der Waals surface area contributed by atoms with Gasteiger partial charge in [-0.2, -0.15) is 0 Å². The molecule has 0 aliphatic heterocycles. The van der Waals surface area contributed by atoms with E-state index < -0.39 is 0 Å². The van der Waals surface area contributed by atoms with E-state index in [1.807, 2.05) is 18.2 Å². The molecule has 0 aliphatic rings. The predicted octanol–water partition coefficient (Wildman–Crippen LogP) is 4.85. The normalized spacial score (nSPS) is 10.8. The second-order valence-electron chi connectivity index (χ2n) is 5.25. The van der Waals surface area contributed by atoms with E-state index in [9.17, 15) is 4.39 Å². The van der Waals surface area contributed by atoms with Crippen molar-refractivity contribution in [2.45, 2.75) is 19.9 Å². The maximum atomic E-state index is 13.1. The molecule has 0 unspecified atom stereocenters. The Labute approximate surface area is 124 Å². The molecule has 2 aromatic carbocycles. The molecule has 0 saturated carbocycles. The first kappa shape index (κ1) is 13.6. The van der Waals surface area contributed by atoms with E-state index in [1.165, 1.54) is 23.4 Å². The van der Waals surface area contributed by atoms with Gasteiger partial charge in [0.15, 0.2) is 0 Å². The van der Waals surface area contributed by atoms with Crippen LogP contribution < -0.4 is 0 Å². The van der Waals surface area contributed by atoms with Gasteiger partial charge in [0.2, 0.25) is 0 Å². The molecule has 0 aliphatic carbocycles. The lowest BCUT2D eigenvalue weighted by atomic mass is 10.1. The van der Waals surface area contributed by atoms with E-state index in [1.54, 1.807) is 0 Å². The lowest BCUT2D eigenvalue weighted by Gasteiger charge is -2.12. The summed E-state index contributed by atoms with van der Waals surface area (Å²) in [6.45, 7) is 3.04. The maximum absolute atomic E-state index is 13.1. The van der Waals surface area contributed by atoms with E-state index >= 15 is 0 Å². The van der Waals surface area contributed by atoms with Crippen LogP contribution in [0.5, 0.6) is 0 Å². The third kappa shape index (κ3) is 3.05. The molecule has 0 bridgehead atoms. The number of nitrogens with zero attached hydrogens (tertiary/aromatic N) is 1. The van der Waals surface area contributed by atoms with Gasteiger partial charge in [-0.15, -0.1) is 0 Å². The van der Waals surface area contributed by atoms with Gasteiger partial charge < -0.3 is 4.57 Å². The summed E-state index contributed by atoms with van der Waals surface area (Å²) in [6.07, 6.45) is 0.991. The molecule has 1 nitrogen and oxygen atoms in total. The number of benzene rings is 2. The average Bonchev–Trinajstić information content (AvgIpc) is 2.88. The SMILES string of the molecule is Cc1ccc(-c2ccc(F)cc2)n1CCc1ccccc1. The molecule has 0 fully saturated rings. The van der Waals surface area contributed by atoms with Crippen LogP contribution in [-0.4, -0.2) is 4.57 Å². The molecule has 3 rings (SSSR count). The number of aryl methyl sites for hydroxylation is 2. The molecule has 0 radical (unpaired) electrons. The van der Waals surface area contributed by atoms with E-state index in [-0.39, 0.29) is 5.82 Å². The van der Waals surface area contributed by atoms with Crippen molar-refractivity contribution in [3.8, 4) is 11.3 Å². The minimum absolute atomic E-state index is 0.196. The first-order valence-electron chi connectivity index (χ1n) is 7.20. The van der Waals surface area contributed by atoms with Gasteiger partial charge in [-0.05, 0) is 60.9 Å². The van der Waals surface area contributed by atoms with Crippen LogP contribution in [0, 0.1) is 12.7 Å². The van der Waals surface area contributed by atoms with E-state index in [4.69, 9.17) is 0 Å². The topological polar surface area (TPSA) is 4.93 Å². The highest BCUT2D eigenvalue weighted by atomic mass is 19.1. The van der Waals surface area contributed by atoms with Gasteiger partial charge >= 0.3 is 0 Å². The first-order valence-corrected chi connectivity index (χ1v) is 7.20. The molecule has 0 amide bonds. The molecule has 0 atom stereocenters. The van der Waals surface area contributed by atoms with Gasteiger partial charge in [-0.25, -0.2) is 4.39 Å². The number of rotatable bonds is 4. The smallest absolute Gasteiger partial charge is 0.123 e. The van der Waals surface area contributed by atoms with Crippen molar-refractivity contribution in [3.05, 3.63) is 83.8 Å². The highest BCUT2D eigenvalue weighted by Crippen LogP contribution is 2.23. The summed E-state index contributed by atoms with van der Waals surface area (Å²) in [5.74, 6) is -0.196. The Morgan fingerprint density at radius 2 is 1.57 bits per heavy atom. The lowest BCUT2D eigenvalue weighted by Crippen LogP contribution is -2.05. The zero-order chi connectivity index (χ0) is 14.7. The molecule has 0 N–H and O–H groups in total. The summed E-state index contributed by atoms with van der Waals surface area (Å²) in [5, 5.41) is 0. The average molecular weight is 279 g/mol. The molecule has 106 valence electrons. The maximum Gasteiger partial charge on any atom is 0.123 e. The molecule has 2 heteroatoms. The number of hydrogen-bond acceptors (Lipinski definition) is 0. The summed E-state index contributed by atoms with van der Waals surface area (Å²) in [5.41, 5.74) is 4.75. The zero-order valence-corrected chi connectivity index (χ0v) is 12.1. The standard InChI is InChI=1S/C19H18FN/c1-15-7-12-19(17-8-10-18(20)11-9-17)21(15)14-13-16-5-3-2-4-6-16/h2-12H,13-14H2,1H3. The number of hydrogen-bond donors (Lipinski definition) is 0. The van der Waals surface area contributed by atoms with Gasteiger partial charge in [-0.1, -0.05) is 30.3 Å². The third-order valence-corrected chi connectivity index (χ3v) is 3.81. The van der Waals surface area contributed by atoms with Crippen LogP contribution in [0.3, 0.4) is 0 Å². The van der Waals surface area contributed by atoms with Crippen LogP contribution in [0.25, 0.3) is 11.3 Å². The van der Waals surface area contributed by atoms with Gasteiger partial charge in [0.25, 0.3) is 0 Å². The molecule has 1 heterocycles. The Morgan fingerprint density at radius 1 is 0.857 bits per heavy atom. The second kappa shape index (κ2) is 5.96. The van der Waals surface area contributed by atoms with Crippen LogP contribution >= 0.6 is 0 Å². The highest BCUT2D eigenvalue weighted by Gasteiger charge is 2.07. The minimum Gasteiger partial charge on any atom is -0.345 e. The summed E-state index contributed by atoms with van der Waals surface area (Å²) in [7, 11) is 0. The van der Waals surface area contributed by atoms with Crippen LogP contribution in [0.2, 0.25) is 0 Å². The van der Waals surface area contributed by atoms with Gasteiger partial charge in [0, 0.05) is 17.9 Å². The quantitative estimate of drug-likeness (QED) is 0.643. The van der Waals surface area contributed by atoms with Crippen molar-refractivity contribution in [1.82, 2.24) is 4.57 Å². The Balaban J connectivity index is 1.85. The first-order chi connectivity index (χ1) is 10.2. The minimum atomic E-state index is -0.196. The van der Waals surface area contributed by atoms with Crippen molar-refractivity contribution < 1.29 is 4.39 Å². The lowest BCUT2D eigenvalue weighted by molar-refractivity contribution is 0.628. The van der Waals surface area contributed by atoms with Gasteiger partial charge in [0.1, 0.15) is 5.82 Å². The Kier molecular flexibility index (Phi) is 3.87. The second-order valence-corrected chi connectivity index (χ2v) is 5.25. The molecular formula is C19H18FN. The fourth-order valence-electron chi connectivity index (χ4n) is 2.62. The van der Waals surface area contributed by atoms with Crippen molar-refractivity contribution in [2.24, 2.45) is 0 Å². The molecule has 3 aromatic rings. The van der Waals surface area contributed by atoms with Crippen molar-refractivity contribution in [1.29, 1.82) is 0 Å². The predicted molar refractivity (Wildman–Crippen MR) is 84.7 cm³/mol. The highest BCUT2D eigenvalue weighted by molar-refractivity contribution is 5.60. The number of aromatic nitrogens is 1. The van der Waals surface area contributed by atoms with Crippen molar-refractivity contribution in [2.75, 3.05) is 0 Å². The van der Waals surface area contributed by atoms with Crippen LogP contribution in [0.15, 0.2) is 66.7 Å². The fraction of sp³-hybridized carbons (Fsp3) is 0.158. The zero-order valence-electron chi connectivity index (χ0n) is 12.1. The molecule has 1 aromatic heterocycles. The molecule has 0 saturated heterocycles. The van der Waals surface area contributed by atoms with E-state index in [0.29, 0.717) is 0 Å². The summed E-state index contributed by atoms with van der Waals surface area (Å²) < 4.78 is 15.4. The van der Waals surface area contributed by atoms with Crippen LogP contribution in [0.4, 0.5) is 4.39 Å². The molecule has 0 spiro atoms. The van der Waals surface area contributed by atoms with Crippen LogP contribution in [-0.2, 0) is 13.0 Å². The third-order valence-electron chi connectivity index (χ3n) is 3.81. The van der Waals surface area contributed by atoms with Gasteiger partial charge in [0.05, 0.1) is 0 Å². The Hall–Kier alpha value is -2.35. The van der Waals surface area contributed by atoms with Crippen LogP contribution in [0.1, 0.15) is 11.3 Å².